The number of hydrogen-bond acceptors (Lipinski definition) is 5. The van der Waals surface area contributed by atoms with Crippen molar-refractivity contribution in [2.75, 3.05) is 69.1 Å². The first-order valence-electron chi connectivity index (χ1n) is 12.8. The number of fused-ring (bicyclic) bond motifs is 1. The van der Waals surface area contributed by atoms with Crippen molar-refractivity contribution in [2.24, 2.45) is 0 Å². The second-order valence-electron chi connectivity index (χ2n) is 9.44. The monoisotopic (exact) mass is 468 g/mol. The number of aromatic nitrogens is 1. The van der Waals surface area contributed by atoms with Crippen molar-refractivity contribution in [3.63, 3.8) is 0 Å². The van der Waals surface area contributed by atoms with Crippen molar-refractivity contribution < 1.29 is 0 Å². The molecule has 2 aliphatic rings. The van der Waals surface area contributed by atoms with Crippen molar-refractivity contribution in [3.8, 4) is 0 Å². The molecule has 0 aliphatic carbocycles. The van der Waals surface area contributed by atoms with E-state index in [4.69, 9.17) is 17.2 Å². The van der Waals surface area contributed by atoms with Crippen molar-refractivity contribution in [1.29, 1.82) is 0 Å². The summed E-state index contributed by atoms with van der Waals surface area (Å²) in [6, 6.07) is 8.59. The zero-order valence-corrected chi connectivity index (χ0v) is 21.2. The second kappa shape index (κ2) is 12.0. The molecule has 0 unspecified atom stereocenters. The largest absolute Gasteiger partial charge is 0.361 e. The molecule has 180 valence electrons. The lowest BCUT2D eigenvalue weighted by Gasteiger charge is -2.35. The van der Waals surface area contributed by atoms with E-state index in [2.05, 4.69) is 63.4 Å². The molecule has 4 rings (SSSR count). The Morgan fingerprint density at radius 1 is 0.939 bits per heavy atom. The minimum absolute atomic E-state index is 0.692. The molecule has 7 heteroatoms. The van der Waals surface area contributed by atoms with Crippen molar-refractivity contribution in [3.05, 3.63) is 29.8 Å². The highest BCUT2D eigenvalue weighted by molar-refractivity contribution is 7.80. The van der Waals surface area contributed by atoms with Crippen LogP contribution in [-0.2, 0) is 0 Å². The third-order valence-corrected chi connectivity index (χ3v) is 7.31. The summed E-state index contributed by atoms with van der Waals surface area (Å²) < 4.78 is 0. The molecule has 0 saturated carbocycles. The number of benzene rings is 1. The van der Waals surface area contributed by atoms with E-state index in [1.54, 1.807) is 0 Å². The van der Waals surface area contributed by atoms with Gasteiger partial charge in [0, 0.05) is 50.3 Å². The van der Waals surface area contributed by atoms with Gasteiger partial charge in [-0.15, -0.1) is 0 Å². The fourth-order valence-corrected chi connectivity index (χ4v) is 5.17. The summed E-state index contributed by atoms with van der Waals surface area (Å²) in [5.41, 5.74) is 3.32. The van der Waals surface area contributed by atoms with Gasteiger partial charge in [-0.05, 0) is 81.4 Å². The molecule has 33 heavy (non-hydrogen) atoms. The maximum atomic E-state index is 5.57. The number of rotatable bonds is 6. The molecule has 2 aromatic rings. The number of aryl methyl sites for hydroxylation is 1. The topological polar surface area (TPSA) is 46.7 Å². The maximum Gasteiger partial charge on any atom is 0.170 e. The number of nitrogens with one attached hydrogen (secondary N) is 2. The zero-order chi connectivity index (χ0) is 23.0. The Hall–Kier alpha value is -1.96. The number of hydrogen-bond donors (Lipinski definition) is 2. The molecule has 0 spiro atoms. The summed E-state index contributed by atoms with van der Waals surface area (Å²) in [6.45, 7) is 14.2. The Labute approximate surface area is 204 Å². The molecule has 6 nitrogen and oxygen atoms in total. The van der Waals surface area contributed by atoms with Crippen LogP contribution in [0.5, 0.6) is 0 Å². The first-order chi connectivity index (χ1) is 16.1. The molecular formula is C26H40N6S. The molecule has 1 aromatic carbocycles. The quantitative estimate of drug-likeness (QED) is 0.615. The van der Waals surface area contributed by atoms with Crippen LogP contribution in [0.15, 0.2) is 24.3 Å². The lowest BCUT2D eigenvalue weighted by atomic mass is 10.1. The molecule has 2 saturated heterocycles. The first-order valence-corrected chi connectivity index (χ1v) is 13.2. The van der Waals surface area contributed by atoms with Crippen LogP contribution in [0.1, 0.15) is 44.6 Å². The Kier molecular flexibility index (Phi) is 8.75. The van der Waals surface area contributed by atoms with Crippen LogP contribution in [-0.4, -0.2) is 78.8 Å². The van der Waals surface area contributed by atoms with Gasteiger partial charge in [-0.2, -0.15) is 0 Å². The highest BCUT2D eigenvalue weighted by atomic mass is 32.1. The predicted molar refractivity (Wildman–Crippen MR) is 145 cm³/mol. The third kappa shape index (κ3) is 6.78. The SMILES string of the molecule is CCN1CCN(c2cc(C)c3cc(NC(=S)NCCN4CCCCCCC4)ccc3n2)CC1. The number of piperazine rings is 1. The number of pyridine rings is 1. The normalized spacial score (nSPS) is 18.7. The fraction of sp³-hybridized carbons (Fsp3) is 0.615. The molecular weight excluding hydrogens is 428 g/mol. The van der Waals surface area contributed by atoms with E-state index in [9.17, 15) is 0 Å². The van der Waals surface area contributed by atoms with Gasteiger partial charge in [0.15, 0.2) is 5.11 Å². The van der Waals surface area contributed by atoms with Gasteiger partial charge < -0.3 is 25.3 Å². The van der Waals surface area contributed by atoms with Crippen molar-refractivity contribution >= 4 is 39.7 Å². The van der Waals surface area contributed by atoms with Gasteiger partial charge in [-0.1, -0.05) is 26.2 Å². The van der Waals surface area contributed by atoms with E-state index in [0.29, 0.717) is 5.11 Å². The van der Waals surface area contributed by atoms with Gasteiger partial charge in [0.1, 0.15) is 5.82 Å². The zero-order valence-electron chi connectivity index (χ0n) is 20.4. The Balaban J connectivity index is 1.32. The lowest BCUT2D eigenvalue weighted by Crippen LogP contribution is -2.46. The van der Waals surface area contributed by atoms with Gasteiger partial charge in [-0.3, -0.25) is 0 Å². The highest BCUT2D eigenvalue weighted by Crippen LogP contribution is 2.26. The fourth-order valence-electron chi connectivity index (χ4n) is 4.95. The third-order valence-electron chi connectivity index (χ3n) is 7.07. The van der Waals surface area contributed by atoms with Crippen LogP contribution in [0, 0.1) is 6.92 Å². The summed E-state index contributed by atoms with van der Waals surface area (Å²) in [6.07, 6.45) is 6.79. The standard InChI is InChI=1S/C26H40N6S/c1-3-30-15-17-32(18-16-30)25-19-21(2)23-20-22(9-10-24(23)29-25)28-26(33)27-11-14-31-12-7-5-4-6-8-13-31/h9-10,19-20H,3-8,11-18H2,1-2H3,(H2,27,28,33). The number of likely N-dealkylation sites (N-methyl/N-ethyl adjacent to an activating group) is 1. The maximum absolute atomic E-state index is 5.57. The van der Waals surface area contributed by atoms with Crippen molar-refractivity contribution in [1.82, 2.24) is 20.1 Å². The van der Waals surface area contributed by atoms with Crippen molar-refractivity contribution in [2.45, 2.75) is 46.0 Å². The molecule has 2 N–H and O–H groups in total. The lowest BCUT2D eigenvalue weighted by molar-refractivity contribution is 0.251. The van der Waals surface area contributed by atoms with Gasteiger partial charge in [0.2, 0.25) is 0 Å². The van der Waals surface area contributed by atoms with Crippen LogP contribution < -0.4 is 15.5 Å². The van der Waals surface area contributed by atoms with Crippen LogP contribution in [0.2, 0.25) is 0 Å². The smallest absolute Gasteiger partial charge is 0.170 e. The highest BCUT2D eigenvalue weighted by Gasteiger charge is 2.18. The Morgan fingerprint density at radius 3 is 2.39 bits per heavy atom. The van der Waals surface area contributed by atoms with Gasteiger partial charge in [-0.25, -0.2) is 4.98 Å². The van der Waals surface area contributed by atoms with Crippen LogP contribution in [0.4, 0.5) is 11.5 Å². The minimum Gasteiger partial charge on any atom is -0.361 e. The first kappa shape index (κ1) is 24.2. The van der Waals surface area contributed by atoms with E-state index in [-0.39, 0.29) is 0 Å². The molecule has 2 aliphatic heterocycles. The van der Waals surface area contributed by atoms with Gasteiger partial charge in [0.05, 0.1) is 5.52 Å². The van der Waals surface area contributed by atoms with E-state index in [1.165, 1.54) is 56.1 Å². The summed E-state index contributed by atoms with van der Waals surface area (Å²) in [7, 11) is 0. The molecule has 0 bridgehead atoms. The number of likely N-dealkylation sites (tertiary alicyclic amines) is 1. The van der Waals surface area contributed by atoms with Gasteiger partial charge >= 0.3 is 0 Å². The number of thiocarbonyl (C=S) groups is 1. The average molecular weight is 469 g/mol. The molecule has 1 aromatic heterocycles. The summed E-state index contributed by atoms with van der Waals surface area (Å²) in [4.78, 5) is 12.4. The second-order valence-corrected chi connectivity index (χ2v) is 9.85. The molecule has 0 amide bonds. The van der Waals surface area contributed by atoms with E-state index < -0.39 is 0 Å². The summed E-state index contributed by atoms with van der Waals surface area (Å²) >= 11 is 5.57. The van der Waals surface area contributed by atoms with Gasteiger partial charge in [0.25, 0.3) is 0 Å². The summed E-state index contributed by atoms with van der Waals surface area (Å²) in [5, 5.41) is 8.63. The van der Waals surface area contributed by atoms with Crippen LogP contribution >= 0.6 is 12.2 Å². The molecule has 0 radical (unpaired) electrons. The number of anilines is 2. The van der Waals surface area contributed by atoms with E-state index >= 15 is 0 Å². The van der Waals surface area contributed by atoms with E-state index in [0.717, 1.165) is 62.8 Å². The minimum atomic E-state index is 0.692. The Bertz CT molecular complexity index is 916. The van der Waals surface area contributed by atoms with Crippen LogP contribution in [0.25, 0.3) is 10.9 Å². The molecule has 0 atom stereocenters. The molecule has 3 heterocycles. The van der Waals surface area contributed by atoms with E-state index in [1.807, 2.05) is 0 Å². The Morgan fingerprint density at radius 2 is 1.67 bits per heavy atom. The number of nitrogens with zero attached hydrogens (tertiary/aromatic N) is 4. The average Bonchev–Trinajstić information content (AvgIpc) is 2.80. The van der Waals surface area contributed by atoms with Crippen LogP contribution in [0.3, 0.4) is 0 Å². The predicted octanol–water partition coefficient (Wildman–Crippen LogP) is 4.24. The summed E-state index contributed by atoms with van der Waals surface area (Å²) in [5.74, 6) is 1.10. The molecule has 2 fully saturated rings.